The first kappa shape index (κ1) is 14.8. The number of aliphatic hydroxyl groups is 1. The molecule has 0 saturated heterocycles. The topological polar surface area (TPSA) is 98.7 Å². The van der Waals surface area contributed by atoms with E-state index in [0.29, 0.717) is 6.07 Å². The van der Waals surface area contributed by atoms with Gasteiger partial charge in [0, 0.05) is 19.1 Å². The van der Waals surface area contributed by atoms with E-state index in [0.717, 1.165) is 12.1 Å². The van der Waals surface area contributed by atoms with Crippen molar-refractivity contribution in [2.24, 2.45) is 0 Å². The highest BCUT2D eigenvalue weighted by Gasteiger charge is 2.19. The Kier molecular flexibility index (Phi) is 5.19. The molecule has 4 N–H and O–H groups in total. The minimum atomic E-state index is -1.33. The van der Waals surface area contributed by atoms with Crippen molar-refractivity contribution in [2.45, 2.75) is 12.5 Å². The predicted octanol–water partition coefficient (Wildman–Crippen LogP) is 0.922. The van der Waals surface area contributed by atoms with Crippen LogP contribution < -0.4 is 10.6 Å². The van der Waals surface area contributed by atoms with E-state index < -0.39 is 36.3 Å². The van der Waals surface area contributed by atoms with Crippen molar-refractivity contribution in [3.8, 4) is 0 Å². The summed E-state index contributed by atoms with van der Waals surface area (Å²) in [6, 6.07) is 0.269. The van der Waals surface area contributed by atoms with Gasteiger partial charge in [-0.3, -0.25) is 0 Å². The average molecular weight is 274 g/mol. The number of nitrogens with one attached hydrogen (secondary N) is 2. The van der Waals surface area contributed by atoms with Crippen LogP contribution >= 0.6 is 0 Å². The van der Waals surface area contributed by atoms with E-state index in [2.05, 4.69) is 0 Å². The number of carbonyl (C=O) groups is 2. The third-order valence-electron chi connectivity index (χ3n) is 2.20. The van der Waals surface area contributed by atoms with Crippen molar-refractivity contribution in [1.29, 1.82) is 0 Å². The Bertz CT molecular complexity index is 482. The summed E-state index contributed by atoms with van der Waals surface area (Å²) in [6.45, 7) is -0.428. The molecule has 1 aromatic rings. The normalized spacial score (nSPS) is 11.7. The number of urea groups is 1. The maximum absolute atomic E-state index is 13.2. The van der Waals surface area contributed by atoms with Gasteiger partial charge >= 0.3 is 12.0 Å². The average Bonchev–Trinajstić information content (AvgIpc) is 2.32. The van der Waals surface area contributed by atoms with Gasteiger partial charge < -0.3 is 20.8 Å². The fourth-order valence-electron chi connectivity index (χ4n) is 1.29. The van der Waals surface area contributed by atoms with Crippen LogP contribution in [0, 0.1) is 11.6 Å². The van der Waals surface area contributed by atoms with E-state index in [1.165, 1.54) is 0 Å². The number of anilines is 1. The van der Waals surface area contributed by atoms with Crippen LogP contribution in [0.25, 0.3) is 0 Å². The fourth-order valence-corrected chi connectivity index (χ4v) is 1.29. The first-order chi connectivity index (χ1) is 8.93. The van der Waals surface area contributed by atoms with Gasteiger partial charge in [-0.15, -0.1) is 0 Å². The maximum atomic E-state index is 13.2. The van der Waals surface area contributed by atoms with Gasteiger partial charge in [0.2, 0.25) is 0 Å². The molecule has 0 aliphatic heterocycles. The number of aliphatic hydroxyl groups excluding tert-OH is 1. The van der Waals surface area contributed by atoms with Crippen molar-refractivity contribution in [3.05, 3.63) is 29.8 Å². The van der Waals surface area contributed by atoms with Crippen LogP contribution in [0.5, 0.6) is 0 Å². The summed E-state index contributed by atoms with van der Waals surface area (Å²) in [5, 5.41) is 21.4. The number of carboxylic acids is 1. The van der Waals surface area contributed by atoms with Crippen LogP contribution in [-0.4, -0.2) is 34.9 Å². The number of hydrogen-bond acceptors (Lipinski definition) is 3. The highest BCUT2D eigenvalue weighted by Crippen LogP contribution is 2.14. The highest BCUT2D eigenvalue weighted by atomic mass is 19.1. The molecule has 8 heteroatoms. The van der Waals surface area contributed by atoms with Crippen molar-refractivity contribution in [1.82, 2.24) is 5.32 Å². The van der Waals surface area contributed by atoms with E-state index in [-0.39, 0.29) is 12.1 Å². The molecule has 0 unspecified atom stereocenters. The lowest BCUT2D eigenvalue weighted by molar-refractivity contribution is -0.139. The summed E-state index contributed by atoms with van der Waals surface area (Å²) in [5.41, 5.74) is -0.285. The van der Waals surface area contributed by atoms with Crippen LogP contribution in [-0.2, 0) is 4.79 Å². The Balaban J connectivity index is 2.66. The van der Waals surface area contributed by atoms with Crippen LogP contribution in [0.15, 0.2) is 18.2 Å². The molecular formula is C11H12F2N2O4. The third kappa shape index (κ3) is 4.51. The van der Waals surface area contributed by atoms with Gasteiger partial charge in [0.05, 0.1) is 5.69 Å². The lowest BCUT2D eigenvalue weighted by atomic mass is 10.2. The number of benzene rings is 1. The van der Waals surface area contributed by atoms with Crippen LogP contribution in [0.3, 0.4) is 0 Å². The predicted molar refractivity (Wildman–Crippen MR) is 61.6 cm³/mol. The van der Waals surface area contributed by atoms with Crippen LogP contribution in [0.2, 0.25) is 0 Å². The molecule has 0 bridgehead atoms. The molecule has 0 spiro atoms. The summed E-state index contributed by atoms with van der Waals surface area (Å²) >= 11 is 0. The number of rotatable bonds is 5. The Morgan fingerprint density at radius 1 is 1.32 bits per heavy atom. The molecule has 104 valence electrons. The molecule has 19 heavy (non-hydrogen) atoms. The molecule has 6 nitrogen and oxygen atoms in total. The van der Waals surface area contributed by atoms with Gasteiger partial charge in [-0.25, -0.2) is 18.4 Å². The molecule has 0 aliphatic carbocycles. The Hall–Kier alpha value is -2.22. The Morgan fingerprint density at radius 2 is 2.00 bits per heavy atom. The minimum absolute atomic E-state index is 0.186. The summed E-state index contributed by atoms with van der Waals surface area (Å²) in [5.74, 6) is -3.11. The fraction of sp³-hybridized carbons (Fsp3) is 0.273. The first-order valence-electron chi connectivity index (χ1n) is 5.30. The smallest absolute Gasteiger partial charge is 0.326 e. The Labute approximate surface area is 107 Å². The summed E-state index contributed by atoms with van der Waals surface area (Å²) in [4.78, 5) is 22.1. The van der Waals surface area contributed by atoms with E-state index in [1.54, 1.807) is 0 Å². The summed E-state index contributed by atoms with van der Waals surface area (Å²) < 4.78 is 25.8. The van der Waals surface area contributed by atoms with E-state index >= 15 is 0 Å². The zero-order valence-corrected chi connectivity index (χ0v) is 9.69. The third-order valence-corrected chi connectivity index (χ3v) is 2.20. The molecule has 0 radical (unpaired) electrons. The van der Waals surface area contributed by atoms with Crippen molar-refractivity contribution < 1.29 is 28.6 Å². The standard InChI is InChI=1S/C11H12F2N2O4/c12-6-1-2-8(7(13)5-6)14-11(19)15-9(3-4-16)10(17)18/h1-2,5,9,16H,3-4H2,(H,17,18)(H2,14,15,19)/t9-/m0/s1. The molecule has 1 rings (SSSR count). The molecule has 1 atom stereocenters. The van der Waals surface area contributed by atoms with Gasteiger partial charge in [0.25, 0.3) is 0 Å². The van der Waals surface area contributed by atoms with Crippen LogP contribution in [0.4, 0.5) is 19.3 Å². The largest absolute Gasteiger partial charge is 0.480 e. The lowest BCUT2D eigenvalue weighted by Crippen LogP contribution is -2.43. The molecule has 0 fully saturated rings. The first-order valence-corrected chi connectivity index (χ1v) is 5.30. The van der Waals surface area contributed by atoms with Crippen molar-refractivity contribution in [2.75, 3.05) is 11.9 Å². The second-order valence-electron chi connectivity index (χ2n) is 3.63. The zero-order valence-electron chi connectivity index (χ0n) is 9.69. The van der Waals surface area contributed by atoms with Gasteiger partial charge in [0.1, 0.15) is 17.7 Å². The zero-order chi connectivity index (χ0) is 14.4. The molecular weight excluding hydrogens is 262 g/mol. The van der Waals surface area contributed by atoms with Gasteiger partial charge in [-0.05, 0) is 12.1 Å². The van der Waals surface area contributed by atoms with Crippen molar-refractivity contribution >= 4 is 17.7 Å². The van der Waals surface area contributed by atoms with E-state index in [4.69, 9.17) is 10.2 Å². The highest BCUT2D eigenvalue weighted by molar-refractivity contribution is 5.92. The SMILES string of the molecule is O=C(Nc1ccc(F)cc1F)N[C@@H](CCO)C(=O)O. The van der Waals surface area contributed by atoms with E-state index in [1.807, 2.05) is 10.6 Å². The van der Waals surface area contributed by atoms with E-state index in [9.17, 15) is 18.4 Å². The maximum Gasteiger partial charge on any atom is 0.326 e. The Morgan fingerprint density at radius 3 is 2.53 bits per heavy atom. The molecule has 0 saturated carbocycles. The summed E-state index contributed by atoms with van der Waals surface area (Å²) in [6.07, 6.45) is -0.186. The molecule has 2 amide bonds. The molecule has 0 aromatic heterocycles. The second kappa shape index (κ2) is 6.64. The number of hydrogen-bond donors (Lipinski definition) is 4. The summed E-state index contributed by atoms with van der Waals surface area (Å²) in [7, 11) is 0. The number of carbonyl (C=O) groups excluding carboxylic acids is 1. The molecule has 0 aliphatic rings. The van der Waals surface area contributed by atoms with Crippen LogP contribution in [0.1, 0.15) is 6.42 Å². The van der Waals surface area contributed by atoms with Crippen molar-refractivity contribution in [3.63, 3.8) is 0 Å². The molecule has 1 aromatic carbocycles. The van der Waals surface area contributed by atoms with Gasteiger partial charge in [-0.1, -0.05) is 0 Å². The monoisotopic (exact) mass is 274 g/mol. The number of amides is 2. The molecule has 0 heterocycles. The quantitative estimate of drug-likeness (QED) is 0.641. The number of halogens is 2. The number of aliphatic carboxylic acids is 1. The van der Waals surface area contributed by atoms with Gasteiger partial charge in [0.15, 0.2) is 0 Å². The van der Waals surface area contributed by atoms with Gasteiger partial charge in [-0.2, -0.15) is 0 Å². The lowest BCUT2D eigenvalue weighted by Gasteiger charge is -2.14. The minimum Gasteiger partial charge on any atom is -0.480 e. The second-order valence-corrected chi connectivity index (χ2v) is 3.63. The number of carboxylic acid groups (broad SMARTS) is 1.